The molecule has 0 saturated heterocycles. The molecule has 0 radical (unpaired) electrons. The zero-order valence-corrected chi connectivity index (χ0v) is 22.9. The summed E-state index contributed by atoms with van der Waals surface area (Å²) in [7, 11) is 0. The van der Waals surface area contributed by atoms with Crippen molar-refractivity contribution in [3.05, 3.63) is 65.3 Å². The van der Waals surface area contributed by atoms with Crippen molar-refractivity contribution in [3.8, 4) is 11.6 Å². The van der Waals surface area contributed by atoms with E-state index in [0.717, 1.165) is 6.42 Å². The van der Waals surface area contributed by atoms with Crippen molar-refractivity contribution >= 4 is 56.3 Å². The van der Waals surface area contributed by atoms with Crippen LogP contribution in [-0.2, 0) is 4.79 Å². The summed E-state index contributed by atoms with van der Waals surface area (Å²) < 4.78 is 5.87. The van der Waals surface area contributed by atoms with Crippen LogP contribution in [-0.4, -0.2) is 33.4 Å². The molecule has 1 fully saturated rings. The summed E-state index contributed by atoms with van der Waals surface area (Å²) in [5.74, 6) is 0.139. The number of carbonyl (C=O) groups excluding carboxylic acids is 3. The largest absolute Gasteiger partial charge is 0.439 e. The van der Waals surface area contributed by atoms with Crippen LogP contribution in [0.4, 0.5) is 21.9 Å². The zero-order chi connectivity index (χ0) is 28.0. The highest BCUT2D eigenvalue weighted by Gasteiger charge is 2.45. The molecular formula is C29H28N6O4S. The van der Waals surface area contributed by atoms with Gasteiger partial charge in [-0.3, -0.25) is 14.5 Å². The molecule has 40 heavy (non-hydrogen) atoms. The van der Waals surface area contributed by atoms with Gasteiger partial charge in [-0.15, -0.1) is 11.3 Å². The van der Waals surface area contributed by atoms with Crippen LogP contribution in [0.5, 0.6) is 11.6 Å². The molecule has 1 aromatic carbocycles. The number of ether oxygens (including phenoxy) is 1. The van der Waals surface area contributed by atoms with E-state index in [-0.39, 0.29) is 10.7 Å². The number of anilines is 3. The Balaban J connectivity index is 1.41. The highest BCUT2D eigenvalue weighted by atomic mass is 32.1. The molecule has 0 spiro atoms. The Hall–Kier alpha value is -4.35. The lowest BCUT2D eigenvalue weighted by molar-refractivity contribution is -0.124. The summed E-state index contributed by atoms with van der Waals surface area (Å²) in [5.41, 5.74) is 7.48. The summed E-state index contributed by atoms with van der Waals surface area (Å²) >= 11 is 1.18. The number of pyridine rings is 2. The smallest absolute Gasteiger partial charge is 0.331 e. The van der Waals surface area contributed by atoms with Crippen LogP contribution in [0.1, 0.15) is 48.0 Å². The first-order valence-electron chi connectivity index (χ1n) is 13.2. The van der Waals surface area contributed by atoms with Crippen LogP contribution in [0.15, 0.2) is 54.7 Å². The average molecular weight is 557 g/mol. The van der Waals surface area contributed by atoms with Crippen LogP contribution >= 0.6 is 11.3 Å². The van der Waals surface area contributed by atoms with Gasteiger partial charge in [0.1, 0.15) is 21.2 Å². The molecule has 204 valence electrons. The van der Waals surface area contributed by atoms with Crippen LogP contribution in [0.25, 0.3) is 10.2 Å². The topological polar surface area (TPSA) is 140 Å². The third-order valence-electron chi connectivity index (χ3n) is 7.47. The highest BCUT2D eigenvalue weighted by Crippen LogP contribution is 2.48. The van der Waals surface area contributed by atoms with Crippen molar-refractivity contribution in [1.29, 1.82) is 0 Å². The number of nitrogens with zero attached hydrogens (tertiary/aromatic N) is 3. The molecule has 3 aromatic heterocycles. The first kappa shape index (κ1) is 25.9. The molecule has 3 amide bonds. The molecule has 1 aliphatic carbocycles. The fraction of sp³-hybridized carbons (Fsp3) is 0.276. The van der Waals surface area contributed by atoms with Gasteiger partial charge in [-0.05, 0) is 50.5 Å². The summed E-state index contributed by atoms with van der Waals surface area (Å²) in [4.78, 5) is 51.4. The second kappa shape index (κ2) is 10.00. The number of para-hydroxylation sites is 1. The fourth-order valence-electron chi connectivity index (χ4n) is 5.56. The van der Waals surface area contributed by atoms with E-state index in [2.05, 4.69) is 20.6 Å². The predicted octanol–water partition coefficient (Wildman–Crippen LogP) is 5.64. The molecule has 1 aliphatic heterocycles. The minimum absolute atomic E-state index is 0.0300. The van der Waals surface area contributed by atoms with E-state index < -0.39 is 23.5 Å². The molecule has 4 aromatic rings. The van der Waals surface area contributed by atoms with Crippen molar-refractivity contribution in [2.24, 2.45) is 11.7 Å². The number of amides is 3. The molecule has 1 saturated carbocycles. The number of thiophene rings is 1. The fourth-order valence-corrected chi connectivity index (χ4v) is 6.61. The SMILES string of the molecule is CCC(=O)[C@H]1CCC[C@@]1(N)NC(=O)c1sc2nccc3c2c1N(c1ccc(Oc2ccccc2)nc1C)C(=O)N3. The first-order valence-corrected chi connectivity index (χ1v) is 14.0. The number of nitrogens with one attached hydrogen (secondary N) is 2. The van der Waals surface area contributed by atoms with Crippen LogP contribution in [0, 0.1) is 12.8 Å². The second-order valence-corrected chi connectivity index (χ2v) is 11.0. The van der Waals surface area contributed by atoms with Gasteiger partial charge in [0, 0.05) is 18.7 Å². The Kier molecular flexibility index (Phi) is 6.47. The molecule has 0 unspecified atom stereocenters. The van der Waals surface area contributed by atoms with Gasteiger partial charge in [-0.25, -0.2) is 14.8 Å². The van der Waals surface area contributed by atoms with Gasteiger partial charge in [0.15, 0.2) is 0 Å². The van der Waals surface area contributed by atoms with E-state index in [9.17, 15) is 14.4 Å². The lowest BCUT2D eigenvalue weighted by Gasteiger charge is -2.32. The van der Waals surface area contributed by atoms with Crippen molar-refractivity contribution in [1.82, 2.24) is 15.3 Å². The monoisotopic (exact) mass is 556 g/mol. The Morgan fingerprint density at radius 2 is 2.02 bits per heavy atom. The Bertz CT molecular complexity index is 1660. The number of aryl methyl sites for hydroxylation is 1. The maximum absolute atomic E-state index is 13.9. The normalized spacial score (nSPS) is 19.9. The van der Waals surface area contributed by atoms with Crippen LogP contribution < -0.4 is 26.0 Å². The Morgan fingerprint density at radius 3 is 2.77 bits per heavy atom. The highest BCUT2D eigenvalue weighted by molar-refractivity contribution is 7.21. The van der Waals surface area contributed by atoms with Crippen molar-refractivity contribution in [3.63, 3.8) is 0 Å². The first-order chi connectivity index (χ1) is 19.3. The van der Waals surface area contributed by atoms with E-state index in [1.54, 1.807) is 38.2 Å². The molecule has 10 nitrogen and oxygen atoms in total. The lowest BCUT2D eigenvalue weighted by atomic mass is 9.91. The maximum Gasteiger partial charge on any atom is 0.331 e. The quantitative estimate of drug-likeness (QED) is 0.250. The number of hydrogen-bond donors (Lipinski definition) is 3. The molecule has 6 rings (SSSR count). The van der Waals surface area contributed by atoms with Gasteiger partial charge < -0.3 is 21.1 Å². The maximum atomic E-state index is 13.9. The molecule has 2 atom stereocenters. The minimum Gasteiger partial charge on any atom is -0.439 e. The van der Waals surface area contributed by atoms with Crippen molar-refractivity contribution in [2.75, 3.05) is 10.2 Å². The van der Waals surface area contributed by atoms with E-state index in [1.165, 1.54) is 16.2 Å². The van der Waals surface area contributed by atoms with Crippen LogP contribution in [0.2, 0.25) is 0 Å². The van der Waals surface area contributed by atoms with E-state index in [4.69, 9.17) is 10.5 Å². The number of ketones is 1. The minimum atomic E-state index is -1.15. The summed E-state index contributed by atoms with van der Waals surface area (Å²) in [6.45, 7) is 3.58. The number of nitrogens with two attached hydrogens (primary N) is 1. The number of hydrogen-bond acceptors (Lipinski definition) is 8. The van der Waals surface area contributed by atoms with Crippen molar-refractivity contribution < 1.29 is 19.1 Å². The predicted molar refractivity (Wildman–Crippen MR) is 153 cm³/mol. The second-order valence-electron chi connectivity index (χ2n) is 10.0. The third kappa shape index (κ3) is 4.37. The molecule has 2 aliphatic rings. The van der Waals surface area contributed by atoms with E-state index in [1.807, 2.05) is 30.3 Å². The van der Waals surface area contributed by atoms with E-state index >= 15 is 0 Å². The summed E-state index contributed by atoms with van der Waals surface area (Å²) in [5, 5.41) is 6.52. The van der Waals surface area contributed by atoms with Gasteiger partial charge in [0.25, 0.3) is 5.91 Å². The number of rotatable bonds is 7. The Labute approximate surface area is 234 Å². The molecule has 4 heterocycles. The Morgan fingerprint density at radius 1 is 1.23 bits per heavy atom. The summed E-state index contributed by atoms with van der Waals surface area (Å²) in [6.07, 6.45) is 3.82. The summed E-state index contributed by atoms with van der Waals surface area (Å²) in [6, 6.07) is 14.0. The van der Waals surface area contributed by atoms with Gasteiger partial charge in [-0.1, -0.05) is 25.1 Å². The lowest BCUT2D eigenvalue weighted by Crippen LogP contribution is -2.60. The van der Waals surface area contributed by atoms with E-state index in [0.29, 0.717) is 63.9 Å². The number of benzene rings is 1. The van der Waals surface area contributed by atoms with Gasteiger partial charge >= 0.3 is 6.03 Å². The van der Waals surface area contributed by atoms with Gasteiger partial charge in [-0.2, -0.15) is 0 Å². The molecule has 0 bridgehead atoms. The van der Waals surface area contributed by atoms with Crippen molar-refractivity contribution in [2.45, 2.75) is 45.2 Å². The number of Topliss-reactive ketones (excluding diaryl/α,β-unsaturated/α-hetero) is 1. The number of urea groups is 1. The third-order valence-corrected chi connectivity index (χ3v) is 8.55. The molecule has 11 heteroatoms. The zero-order valence-electron chi connectivity index (χ0n) is 22.1. The molecular weight excluding hydrogens is 528 g/mol. The molecule has 4 N–H and O–H groups in total. The van der Waals surface area contributed by atoms with Gasteiger partial charge in [0.05, 0.1) is 39.7 Å². The van der Waals surface area contributed by atoms with Gasteiger partial charge in [0.2, 0.25) is 5.88 Å². The number of carbonyl (C=O) groups is 3. The standard InChI is InChI=1S/C29H28N6O4S/c1-3-21(36)18-10-7-14-29(18,30)34-26(37)25-24-23-19(13-15-31-27(23)40-25)33-28(38)35(24)20-11-12-22(32-16(20)2)39-17-8-5-4-6-9-17/h4-6,8-9,11-13,15,18H,3,7,10,14,30H2,1-2H3,(H,33,38)(H,34,37)/t18-,29-/m1/s1. The number of aromatic nitrogens is 2. The average Bonchev–Trinajstić information content (AvgIpc) is 3.51. The van der Waals surface area contributed by atoms with Crippen LogP contribution in [0.3, 0.4) is 0 Å².